The van der Waals surface area contributed by atoms with Crippen LogP contribution in [0.25, 0.3) is 0 Å². The van der Waals surface area contributed by atoms with Gasteiger partial charge in [0, 0.05) is 0 Å². The molecule has 1 aromatic carbocycles. The van der Waals surface area contributed by atoms with Gasteiger partial charge in [0.05, 0.1) is 28.3 Å². The van der Waals surface area contributed by atoms with Crippen LogP contribution in [-0.2, 0) is 10.9 Å². The van der Waals surface area contributed by atoms with Gasteiger partial charge < -0.3 is 4.74 Å². The van der Waals surface area contributed by atoms with Crippen molar-refractivity contribution in [1.29, 1.82) is 5.26 Å². The maximum atomic E-state index is 12.7. The molecule has 0 fully saturated rings. The molecule has 0 aliphatic rings. The number of halogens is 4. The van der Waals surface area contributed by atoms with E-state index < -0.39 is 28.3 Å². The number of hydrogen-bond donors (Lipinski definition) is 0. The van der Waals surface area contributed by atoms with Crippen LogP contribution in [0.1, 0.15) is 28.4 Å². The molecule has 0 N–H and O–H groups in total. The first-order valence-electron chi connectivity index (χ1n) is 4.79. The highest BCUT2D eigenvalue weighted by molar-refractivity contribution is 6.35. The molecule has 18 heavy (non-hydrogen) atoms. The third-order valence-electron chi connectivity index (χ3n) is 2.05. The Hall–Kier alpha value is -1.74. The molecule has 0 amide bonds. The van der Waals surface area contributed by atoms with Gasteiger partial charge in [0.1, 0.15) is 6.07 Å². The highest BCUT2D eigenvalue weighted by Crippen LogP contribution is 2.36. The van der Waals surface area contributed by atoms with E-state index in [0.717, 1.165) is 6.07 Å². The maximum absolute atomic E-state index is 12.7. The summed E-state index contributed by atoms with van der Waals surface area (Å²) in [4.78, 5) is 11.5. The van der Waals surface area contributed by atoms with Crippen molar-refractivity contribution in [2.75, 3.05) is 6.61 Å². The molecule has 3 nitrogen and oxygen atoms in total. The van der Waals surface area contributed by atoms with Crippen molar-refractivity contribution in [2.24, 2.45) is 0 Å². The Morgan fingerprint density at radius 3 is 2.56 bits per heavy atom. The SMILES string of the molecule is CCOC(=O)c1c(C(F)(F)F)ccc(C#N)c1Cl. The largest absolute Gasteiger partial charge is 0.462 e. The summed E-state index contributed by atoms with van der Waals surface area (Å²) in [6, 6.07) is 3.15. The molecule has 0 radical (unpaired) electrons. The quantitative estimate of drug-likeness (QED) is 0.778. The molecule has 0 atom stereocenters. The van der Waals surface area contributed by atoms with Crippen molar-refractivity contribution in [3.8, 4) is 6.07 Å². The van der Waals surface area contributed by atoms with Crippen LogP contribution >= 0.6 is 11.6 Å². The fourth-order valence-corrected chi connectivity index (χ4v) is 1.59. The monoisotopic (exact) mass is 277 g/mol. The number of nitrogens with zero attached hydrogens (tertiary/aromatic N) is 1. The maximum Gasteiger partial charge on any atom is 0.417 e. The zero-order valence-electron chi connectivity index (χ0n) is 9.14. The van der Waals surface area contributed by atoms with E-state index in [-0.39, 0.29) is 12.2 Å². The fraction of sp³-hybridized carbons (Fsp3) is 0.273. The lowest BCUT2D eigenvalue weighted by atomic mass is 10.0. The van der Waals surface area contributed by atoms with Gasteiger partial charge in [0.2, 0.25) is 0 Å². The highest BCUT2D eigenvalue weighted by atomic mass is 35.5. The second-order valence-electron chi connectivity index (χ2n) is 3.18. The summed E-state index contributed by atoms with van der Waals surface area (Å²) in [7, 11) is 0. The van der Waals surface area contributed by atoms with E-state index in [1.807, 2.05) is 0 Å². The molecule has 0 aliphatic carbocycles. The van der Waals surface area contributed by atoms with E-state index in [2.05, 4.69) is 4.74 Å². The van der Waals surface area contributed by atoms with Crippen LogP contribution in [0.5, 0.6) is 0 Å². The second kappa shape index (κ2) is 5.27. The van der Waals surface area contributed by atoms with Crippen LogP contribution in [-0.4, -0.2) is 12.6 Å². The van der Waals surface area contributed by atoms with Gasteiger partial charge in [-0.2, -0.15) is 18.4 Å². The Kier molecular flexibility index (Phi) is 4.19. The second-order valence-corrected chi connectivity index (χ2v) is 3.56. The fourth-order valence-electron chi connectivity index (χ4n) is 1.30. The molecule has 0 saturated heterocycles. The van der Waals surface area contributed by atoms with Gasteiger partial charge in [0.25, 0.3) is 0 Å². The summed E-state index contributed by atoms with van der Waals surface area (Å²) >= 11 is 5.63. The Morgan fingerprint density at radius 2 is 2.11 bits per heavy atom. The third kappa shape index (κ3) is 2.74. The topological polar surface area (TPSA) is 50.1 Å². The van der Waals surface area contributed by atoms with Gasteiger partial charge in [-0.3, -0.25) is 0 Å². The van der Waals surface area contributed by atoms with Crippen LogP contribution in [0.4, 0.5) is 13.2 Å². The number of hydrogen-bond acceptors (Lipinski definition) is 3. The zero-order chi connectivity index (χ0) is 13.9. The molecule has 7 heteroatoms. The van der Waals surface area contributed by atoms with Gasteiger partial charge in [-0.05, 0) is 19.1 Å². The van der Waals surface area contributed by atoms with Crippen molar-refractivity contribution >= 4 is 17.6 Å². The number of carbonyl (C=O) groups excluding carboxylic acids is 1. The molecule has 0 spiro atoms. The molecule has 0 saturated carbocycles. The van der Waals surface area contributed by atoms with Crippen molar-refractivity contribution in [3.63, 3.8) is 0 Å². The predicted octanol–water partition coefficient (Wildman–Crippen LogP) is 3.41. The van der Waals surface area contributed by atoms with Gasteiger partial charge in [-0.25, -0.2) is 4.79 Å². The Morgan fingerprint density at radius 1 is 1.50 bits per heavy atom. The lowest BCUT2D eigenvalue weighted by Gasteiger charge is -2.13. The van der Waals surface area contributed by atoms with Crippen LogP contribution in [0, 0.1) is 11.3 Å². The first-order chi connectivity index (χ1) is 8.32. The van der Waals surface area contributed by atoms with Crippen LogP contribution in [0.15, 0.2) is 12.1 Å². The molecule has 1 rings (SSSR count). The number of carbonyl (C=O) groups is 1. The molecule has 0 aromatic heterocycles. The number of nitriles is 1. The summed E-state index contributed by atoms with van der Waals surface area (Å²) in [5.74, 6) is -1.20. The van der Waals surface area contributed by atoms with Crippen LogP contribution in [0.3, 0.4) is 0 Å². The summed E-state index contributed by atoms with van der Waals surface area (Å²) in [5.41, 5.74) is -2.26. The van der Waals surface area contributed by atoms with E-state index in [0.29, 0.717) is 6.07 Å². The summed E-state index contributed by atoms with van der Waals surface area (Å²) < 4.78 is 42.7. The number of alkyl halides is 3. The lowest BCUT2D eigenvalue weighted by molar-refractivity contribution is -0.138. The normalized spacial score (nSPS) is 10.9. The minimum atomic E-state index is -4.75. The Balaban J connectivity index is 3.51. The van der Waals surface area contributed by atoms with Gasteiger partial charge in [0.15, 0.2) is 0 Å². The summed E-state index contributed by atoms with van der Waals surface area (Å²) in [6.45, 7) is 1.36. The average molecular weight is 278 g/mol. The van der Waals surface area contributed by atoms with E-state index >= 15 is 0 Å². The van der Waals surface area contributed by atoms with Crippen molar-refractivity contribution in [2.45, 2.75) is 13.1 Å². The molecule has 0 bridgehead atoms. The number of ether oxygens (including phenoxy) is 1. The van der Waals surface area contributed by atoms with E-state index in [1.165, 1.54) is 6.92 Å². The first kappa shape index (κ1) is 14.3. The van der Waals surface area contributed by atoms with E-state index in [9.17, 15) is 18.0 Å². The Labute approximate surface area is 106 Å². The van der Waals surface area contributed by atoms with E-state index in [4.69, 9.17) is 16.9 Å². The number of benzene rings is 1. The molecule has 0 aliphatic heterocycles. The molecular formula is C11H7ClF3NO2. The standard InChI is InChI=1S/C11H7ClF3NO2/c1-2-18-10(17)8-7(11(13,14)15)4-3-6(5-16)9(8)12/h3-4H,2H2,1H3. The highest BCUT2D eigenvalue weighted by Gasteiger charge is 2.37. The zero-order valence-corrected chi connectivity index (χ0v) is 9.89. The van der Waals surface area contributed by atoms with Crippen LogP contribution < -0.4 is 0 Å². The summed E-state index contributed by atoms with van der Waals surface area (Å²) in [5, 5.41) is 8.13. The predicted molar refractivity (Wildman–Crippen MR) is 57.1 cm³/mol. The van der Waals surface area contributed by atoms with Crippen molar-refractivity contribution in [3.05, 3.63) is 33.8 Å². The molecule has 0 unspecified atom stereocenters. The first-order valence-corrected chi connectivity index (χ1v) is 5.17. The smallest absolute Gasteiger partial charge is 0.417 e. The lowest BCUT2D eigenvalue weighted by Crippen LogP contribution is -2.16. The number of rotatable bonds is 2. The minimum absolute atomic E-state index is 0.0940. The van der Waals surface area contributed by atoms with Crippen LogP contribution in [0.2, 0.25) is 5.02 Å². The van der Waals surface area contributed by atoms with Gasteiger partial charge in [-0.1, -0.05) is 11.6 Å². The number of esters is 1. The summed E-state index contributed by atoms with van der Waals surface area (Å²) in [6.07, 6.45) is -4.75. The average Bonchev–Trinajstić information content (AvgIpc) is 2.27. The Bertz CT molecular complexity index is 520. The molecule has 1 aromatic rings. The third-order valence-corrected chi connectivity index (χ3v) is 2.44. The molecule has 0 heterocycles. The van der Waals surface area contributed by atoms with Gasteiger partial charge >= 0.3 is 12.1 Å². The molecule has 96 valence electrons. The van der Waals surface area contributed by atoms with Gasteiger partial charge in [-0.15, -0.1) is 0 Å². The van der Waals surface area contributed by atoms with Crippen molar-refractivity contribution in [1.82, 2.24) is 0 Å². The van der Waals surface area contributed by atoms with Crippen molar-refractivity contribution < 1.29 is 22.7 Å². The minimum Gasteiger partial charge on any atom is -0.462 e. The van der Waals surface area contributed by atoms with E-state index in [1.54, 1.807) is 6.07 Å². The molecular weight excluding hydrogens is 271 g/mol.